The molecule has 0 unspecified atom stereocenters. The van der Waals surface area contributed by atoms with Crippen LogP contribution in [0.3, 0.4) is 0 Å². The van der Waals surface area contributed by atoms with Gasteiger partial charge in [0.1, 0.15) is 17.5 Å². The topological polar surface area (TPSA) is 132 Å². The van der Waals surface area contributed by atoms with Crippen molar-refractivity contribution in [3.63, 3.8) is 0 Å². The third-order valence-corrected chi connectivity index (χ3v) is 6.72. The molecule has 0 aliphatic carbocycles. The summed E-state index contributed by atoms with van der Waals surface area (Å²) in [5.41, 5.74) is 3.45. The molecule has 0 fully saturated rings. The summed E-state index contributed by atoms with van der Waals surface area (Å²) in [6.07, 6.45) is 2.71. The van der Waals surface area contributed by atoms with Crippen LogP contribution in [0.5, 0.6) is 0 Å². The van der Waals surface area contributed by atoms with E-state index in [-0.39, 0.29) is 24.5 Å². The van der Waals surface area contributed by atoms with Gasteiger partial charge in [-0.05, 0) is 51.1 Å². The molecule has 0 aliphatic rings. The Morgan fingerprint density at radius 3 is 2.69 bits per heavy atom. The Morgan fingerprint density at radius 1 is 1.17 bits per heavy atom. The SMILES string of the molecule is Cc1nc(NCCN(C)CCCC(=O)NO)cc(Nc2ncc(C(=O)Cc3c(C)cccc3Cl)s2)n1. The molecule has 2 heterocycles. The molecule has 3 rings (SSSR count). The lowest BCUT2D eigenvalue weighted by Gasteiger charge is -2.17. The van der Waals surface area contributed by atoms with Crippen molar-refractivity contribution < 1.29 is 14.8 Å². The van der Waals surface area contributed by atoms with Crippen LogP contribution in [0.15, 0.2) is 30.5 Å². The van der Waals surface area contributed by atoms with Crippen molar-refractivity contribution >= 4 is 51.4 Å². The first-order valence-corrected chi connectivity index (χ1v) is 12.7. The molecule has 2 aromatic heterocycles. The lowest BCUT2D eigenvalue weighted by Crippen LogP contribution is -2.27. The third kappa shape index (κ3) is 8.23. The summed E-state index contributed by atoms with van der Waals surface area (Å²) < 4.78 is 0. The van der Waals surface area contributed by atoms with Crippen molar-refractivity contribution in [2.24, 2.45) is 0 Å². The number of nitrogens with one attached hydrogen (secondary N) is 3. The summed E-state index contributed by atoms with van der Waals surface area (Å²) >= 11 is 7.54. The number of aromatic nitrogens is 3. The number of aryl methyl sites for hydroxylation is 2. The lowest BCUT2D eigenvalue weighted by atomic mass is 10.0. The normalized spacial score (nSPS) is 10.9. The lowest BCUT2D eigenvalue weighted by molar-refractivity contribution is -0.129. The minimum absolute atomic E-state index is 0.0425. The van der Waals surface area contributed by atoms with Crippen LogP contribution in [0.4, 0.5) is 16.8 Å². The van der Waals surface area contributed by atoms with E-state index in [1.54, 1.807) is 30.7 Å². The van der Waals surface area contributed by atoms with E-state index in [1.165, 1.54) is 11.3 Å². The van der Waals surface area contributed by atoms with Crippen molar-refractivity contribution in [3.05, 3.63) is 57.3 Å². The maximum atomic E-state index is 12.8. The zero-order valence-electron chi connectivity index (χ0n) is 20.5. The van der Waals surface area contributed by atoms with Gasteiger partial charge in [0.25, 0.3) is 0 Å². The number of Topliss-reactive ketones (excluding diaryl/α,β-unsaturated/α-hetero) is 1. The number of likely N-dealkylation sites (N-methyl/N-ethyl adjacent to an activating group) is 1. The predicted octanol–water partition coefficient (Wildman–Crippen LogP) is 4.00. The Morgan fingerprint density at radius 2 is 1.94 bits per heavy atom. The van der Waals surface area contributed by atoms with E-state index < -0.39 is 0 Å². The molecule has 36 heavy (non-hydrogen) atoms. The maximum absolute atomic E-state index is 12.8. The summed E-state index contributed by atoms with van der Waals surface area (Å²) in [6.45, 7) is 5.86. The number of halogens is 1. The number of hydrogen-bond acceptors (Lipinski definition) is 10. The summed E-state index contributed by atoms with van der Waals surface area (Å²) in [6, 6.07) is 7.38. The van der Waals surface area contributed by atoms with Gasteiger partial charge in [-0.25, -0.2) is 20.4 Å². The van der Waals surface area contributed by atoms with Crippen LogP contribution in [0.2, 0.25) is 5.02 Å². The van der Waals surface area contributed by atoms with Crippen LogP contribution in [0.25, 0.3) is 0 Å². The van der Waals surface area contributed by atoms with Gasteiger partial charge in [0, 0.05) is 37.0 Å². The van der Waals surface area contributed by atoms with Gasteiger partial charge >= 0.3 is 0 Å². The standard InChI is InChI=1S/C24H30ClN7O3S/c1-15-6-4-7-18(25)17(15)12-19(33)20-14-27-24(36-20)30-22-13-21(28-16(2)29-22)26-9-11-32(3)10-5-8-23(34)31-35/h4,6-7,13-14,35H,5,8-12H2,1-3H3,(H,31,34)(H2,26,27,28,29,30). The van der Waals surface area contributed by atoms with E-state index in [0.717, 1.165) is 24.2 Å². The van der Waals surface area contributed by atoms with Gasteiger partial charge in [-0.1, -0.05) is 35.1 Å². The van der Waals surface area contributed by atoms with Crippen molar-refractivity contribution in [2.45, 2.75) is 33.1 Å². The van der Waals surface area contributed by atoms with Gasteiger partial charge in [-0.2, -0.15) is 0 Å². The van der Waals surface area contributed by atoms with Gasteiger partial charge in [0.05, 0.1) is 11.1 Å². The minimum atomic E-state index is -0.384. The van der Waals surface area contributed by atoms with Gasteiger partial charge in [-0.15, -0.1) is 0 Å². The highest BCUT2D eigenvalue weighted by Gasteiger charge is 2.15. The van der Waals surface area contributed by atoms with Crippen LogP contribution in [-0.4, -0.2) is 63.4 Å². The van der Waals surface area contributed by atoms with Crippen molar-refractivity contribution in [1.29, 1.82) is 0 Å². The number of amides is 1. The fraction of sp³-hybridized carbons (Fsp3) is 0.375. The van der Waals surface area contributed by atoms with Gasteiger partial charge in [0.15, 0.2) is 10.9 Å². The largest absolute Gasteiger partial charge is 0.369 e. The number of nitrogens with zero attached hydrogens (tertiary/aromatic N) is 4. The Labute approximate surface area is 219 Å². The van der Waals surface area contributed by atoms with E-state index >= 15 is 0 Å². The van der Waals surface area contributed by atoms with Gasteiger partial charge < -0.3 is 15.5 Å². The summed E-state index contributed by atoms with van der Waals surface area (Å²) in [7, 11) is 1.96. The molecule has 4 N–H and O–H groups in total. The highest BCUT2D eigenvalue weighted by Crippen LogP contribution is 2.26. The maximum Gasteiger partial charge on any atom is 0.243 e. The Balaban J connectivity index is 1.54. The van der Waals surface area contributed by atoms with E-state index in [2.05, 4.69) is 30.5 Å². The second-order valence-electron chi connectivity index (χ2n) is 8.34. The smallest absolute Gasteiger partial charge is 0.243 e. The number of hydrogen-bond donors (Lipinski definition) is 4. The molecule has 0 spiro atoms. The zero-order chi connectivity index (χ0) is 26.1. The molecular formula is C24H30ClN7O3S. The van der Waals surface area contributed by atoms with Crippen molar-refractivity contribution in [1.82, 2.24) is 25.3 Å². The minimum Gasteiger partial charge on any atom is -0.369 e. The highest BCUT2D eigenvalue weighted by atomic mass is 35.5. The molecular weight excluding hydrogens is 502 g/mol. The van der Waals surface area contributed by atoms with E-state index in [1.807, 2.05) is 26.1 Å². The first-order chi connectivity index (χ1) is 17.2. The molecule has 0 bridgehead atoms. The van der Waals surface area contributed by atoms with Crippen LogP contribution in [0.1, 0.15) is 39.5 Å². The molecule has 1 amide bonds. The number of hydroxylamine groups is 1. The van der Waals surface area contributed by atoms with Crippen LogP contribution >= 0.6 is 22.9 Å². The average molecular weight is 532 g/mol. The Hall–Kier alpha value is -3.12. The Bertz CT molecular complexity index is 1180. The van der Waals surface area contributed by atoms with Crippen molar-refractivity contribution in [2.75, 3.05) is 37.3 Å². The molecule has 0 aliphatic heterocycles. The van der Waals surface area contributed by atoms with Gasteiger partial charge in [-0.3, -0.25) is 14.8 Å². The monoisotopic (exact) mass is 531 g/mol. The average Bonchev–Trinajstić information content (AvgIpc) is 3.29. The predicted molar refractivity (Wildman–Crippen MR) is 142 cm³/mol. The first-order valence-electron chi connectivity index (χ1n) is 11.5. The third-order valence-electron chi connectivity index (χ3n) is 5.41. The first kappa shape index (κ1) is 27.5. The van der Waals surface area contributed by atoms with Gasteiger partial charge in [0.2, 0.25) is 5.91 Å². The number of thiazole rings is 1. The molecule has 0 saturated heterocycles. The fourth-order valence-electron chi connectivity index (χ4n) is 3.48. The second-order valence-corrected chi connectivity index (χ2v) is 9.78. The second kappa shape index (κ2) is 13.3. The molecule has 1 aromatic carbocycles. The van der Waals surface area contributed by atoms with E-state index in [4.69, 9.17) is 16.8 Å². The number of rotatable bonds is 13. The number of benzene rings is 1. The summed E-state index contributed by atoms with van der Waals surface area (Å²) in [5.74, 6) is 1.40. The molecule has 3 aromatic rings. The summed E-state index contributed by atoms with van der Waals surface area (Å²) in [4.78, 5) is 39.7. The number of carbonyl (C=O) groups is 2. The molecule has 0 radical (unpaired) electrons. The molecule has 0 atom stereocenters. The van der Waals surface area contributed by atoms with Crippen molar-refractivity contribution in [3.8, 4) is 0 Å². The Kier molecular flexibility index (Phi) is 10.1. The quantitative estimate of drug-likeness (QED) is 0.147. The van der Waals surface area contributed by atoms with E-state index in [0.29, 0.717) is 45.5 Å². The molecule has 192 valence electrons. The number of ketones is 1. The zero-order valence-corrected chi connectivity index (χ0v) is 22.0. The molecule has 0 saturated carbocycles. The van der Waals surface area contributed by atoms with Crippen LogP contribution in [0, 0.1) is 13.8 Å². The molecule has 12 heteroatoms. The fourth-order valence-corrected chi connectivity index (χ4v) is 4.53. The number of anilines is 3. The highest BCUT2D eigenvalue weighted by molar-refractivity contribution is 7.17. The van der Waals surface area contributed by atoms with E-state index in [9.17, 15) is 9.59 Å². The van der Waals surface area contributed by atoms with Crippen LogP contribution in [-0.2, 0) is 11.2 Å². The molecule has 10 nitrogen and oxygen atoms in total. The van der Waals surface area contributed by atoms with Crippen LogP contribution < -0.4 is 16.1 Å². The summed E-state index contributed by atoms with van der Waals surface area (Å²) in [5, 5.41) is 16.1. The number of carbonyl (C=O) groups excluding carboxylic acids is 2.